The summed E-state index contributed by atoms with van der Waals surface area (Å²) in [4.78, 5) is 8.41. The molecule has 2 aromatic heterocycles. The fourth-order valence-electron chi connectivity index (χ4n) is 1.90. The number of ether oxygens (including phenoxy) is 1. The van der Waals surface area contributed by atoms with Crippen LogP contribution in [-0.4, -0.2) is 9.97 Å². The minimum absolute atomic E-state index is 0.297. The first-order valence-corrected chi connectivity index (χ1v) is 5.94. The molecule has 2 aromatic rings. The Balaban J connectivity index is 0.000000514. The zero-order valence-electron chi connectivity index (χ0n) is 10.3. The van der Waals surface area contributed by atoms with Crippen LogP contribution in [0.2, 0.25) is 0 Å². The van der Waals surface area contributed by atoms with E-state index in [1.54, 1.807) is 12.4 Å². The summed E-state index contributed by atoms with van der Waals surface area (Å²) < 4.78 is 5.63. The van der Waals surface area contributed by atoms with Gasteiger partial charge in [-0.05, 0) is 12.1 Å². The fourth-order valence-corrected chi connectivity index (χ4v) is 1.90. The summed E-state index contributed by atoms with van der Waals surface area (Å²) in [5.74, 6) is 1.65. The lowest BCUT2D eigenvalue weighted by Gasteiger charge is -2.22. The highest BCUT2D eigenvalue weighted by molar-refractivity contribution is 5.46. The zero-order chi connectivity index (χ0) is 12.3. The molecule has 3 heterocycles. The highest BCUT2D eigenvalue weighted by Crippen LogP contribution is 2.40. The third-order valence-corrected chi connectivity index (χ3v) is 2.73. The Morgan fingerprint density at radius 2 is 1.41 bits per heavy atom. The summed E-state index contributed by atoms with van der Waals surface area (Å²) >= 11 is 0. The van der Waals surface area contributed by atoms with Gasteiger partial charge in [0.05, 0.1) is 0 Å². The number of fused-ring (bicyclic) bond motifs is 2. The first-order valence-electron chi connectivity index (χ1n) is 5.94. The van der Waals surface area contributed by atoms with Gasteiger partial charge in [0.1, 0.15) is 0 Å². The third kappa shape index (κ3) is 2.00. The van der Waals surface area contributed by atoms with Crippen LogP contribution >= 0.6 is 0 Å². The van der Waals surface area contributed by atoms with Crippen LogP contribution in [0.3, 0.4) is 0 Å². The quantitative estimate of drug-likeness (QED) is 0.688. The normalized spacial score (nSPS) is 12.6. The SMILES string of the molecule is CC.CC1c2cccnc2Oc2ncccc21. The van der Waals surface area contributed by atoms with E-state index in [9.17, 15) is 0 Å². The topological polar surface area (TPSA) is 35.0 Å². The Kier molecular flexibility index (Phi) is 3.38. The van der Waals surface area contributed by atoms with E-state index in [0.717, 1.165) is 11.1 Å². The van der Waals surface area contributed by atoms with Gasteiger partial charge in [0.25, 0.3) is 0 Å². The minimum atomic E-state index is 0.297. The van der Waals surface area contributed by atoms with Crippen LogP contribution in [0.4, 0.5) is 0 Å². The molecule has 1 aliphatic heterocycles. The largest absolute Gasteiger partial charge is 0.420 e. The molecule has 0 amide bonds. The molecule has 0 bridgehead atoms. The molecule has 0 atom stereocenters. The molecule has 3 rings (SSSR count). The zero-order valence-corrected chi connectivity index (χ0v) is 10.3. The van der Waals surface area contributed by atoms with Gasteiger partial charge in [0, 0.05) is 29.4 Å². The first-order chi connectivity index (χ1) is 8.36. The van der Waals surface area contributed by atoms with Crippen LogP contribution in [0.25, 0.3) is 0 Å². The van der Waals surface area contributed by atoms with Crippen molar-refractivity contribution < 1.29 is 4.74 Å². The Morgan fingerprint density at radius 1 is 0.941 bits per heavy atom. The molecule has 0 saturated heterocycles. The minimum Gasteiger partial charge on any atom is -0.420 e. The first kappa shape index (κ1) is 11.6. The van der Waals surface area contributed by atoms with E-state index in [1.807, 2.05) is 38.1 Å². The van der Waals surface area contributed by atoms with Crippen molar-refractivity contribution in [2.75, 3.05) is 0 Å². The van der Waals surface area contributed by atoms with Crippen LogP contribution < -0.4 is 4.74 Å². The van der Waals surface area contributed by atoms with Crippen LogP contribution in [0, 0.1) is 0 Å². The molecular formula is C14H16N2O. The summed E-state index contributed by atoms with van der Waals surface area (Å²) in [7, 11) is 0. The second kappa shape index (κ2) is 4.95. The van der Waals surface area contributed by atoms with E-state index in [2.05, 4.69) is 16.9 Å². The van der Waals surface area contributed by atoms with Crippen molar-refractivity contribution in [3.8, 4) is 11.8 Å². The van der Waals surface area contributed by atoms with Gasteiger partial charge in [-0.3, -0.25) is 0 Å². The van der Waals surface area contributed by atoms with Crippen molar-refractivity contribution in [2.45, 2.75) is 26.7 Å². The molecule has 0 saturated carbocycles. The summed E-state index contributed by atoms with van der Waals surface area (Å²) in [6, 6.07) is 7.95. The van der Waals surface area contributed by atoms with E-state index in [-0.39, 0.29) is 0 Å². The molecule has 0 aromatic carbocycles. The molecular weight excluding hydrogens is 212 g/mol. The fraction of sp³-hybridized carbons (Fsp3) is 0.286. The van der Waals surface area contributed by atoms with Crippen molar-refractivity contribution in [3.63, 3.8) is 0 Å². The summed E-state index contributed by atoms with van der Waals surface area (Å²) in [5.41, 5.74) is 2.25. The molecule has 0 fully saturated rings. The van der Waals surface area contributed by atoms with Crippen molar-refractivity contribution >= 4 is 0 Å². The van der Waals surface area contributed by atoms with E-state index in [4.69, 9.17) is 4.74 Å². The summed E-state index contributed by atoms with van der Waals surface area (Å²) in [5, 5.41) is 0. The molecule has 1 aliphatic rings. The van der Waals surface area contributed by atoms with E-state index < -0.39 is 0 Å². The third-order valence-electron chi connectivity index (χ3n) is 2.73. The lowest BCUT2D eigenvalue weighted by Crippen LogP contribution is -2.09. The Labute approximate surface area is 102 Å². The number of hydrogen-bond donors (Lipinski definition) is 0. The van der Waals surface area contributed by atoms with Crippen LogP contribution in [-0.2, 0) is 0 Å². The monoisotopic (exact) mass is 228 g/mol. The lowest BCUT2D eigenvalue weighted by molar-refractivity contribution is 0.413. The van der Waals surface area contributed by atoms with Crippen molar-refractivity contribution in [1.82, 2.24) is 9.97 Å². The molecule has 0 radical (unpaired) electrons. The summed E-state index contributed by atoms with van der Waals surface area (Å²) in [6.45, 7) is 6.14. The molecule has 17 heavy (non-hydrogen) atoms. The van der Waals surface area contributed by atoms with Gasteiger partial charge in [-0.25, -0.2) is 9.97 Å². The molecule has 0 N–H and O–H groups in total. The van der Waals surface area contributed by atoms with Crippen molar-refractivity contribution in [1.29, 1.82) is 0 Å². The molecule has 0 aliphatic carbocycles. The van der Waals surface area contributed by atoms with E-state index in [0.29, 0.717) is 17.7 Å². The van der Waals surface area contributed by atoms with E-state index >= 15 is 0 Å². The molecule has 88 valence electrons. The molecule has 0 unspecified atom stereocenters. The van der Waals surface area contributed by atoms with Crippen LogP contribution in [0.15, 0.2) is 36.7 Å². The van der Waals surface area contributed by atoms with Gasteiger partial charge in [0.2, 0.25) is 11.8 Å². The molecule has 3 heteroatoms. The van der Waals surface area contributed by atoms with Gasteiger partial charge < -0.3 is 4.74 Å². The van der Waals surface area contributed by atoms with Gasteiger partial charge in [-0.2, -0.15) is 0 Å². The van der Waals surface area contributed by atoms with Gasteiger partial charge in [-0.15, -0.1) is 0 Å². The molecule has 3 nitrogen and oxygen atoms in total. The highest BCUT2D eigenvalue weighted by atomic mass is 16.5. The Bertz CT molecular complexity index is 466. The maximum Gasteiger partial charge on any atom is 0.225 e. The number of pyridine rings is 2. The average Bonchev–Trinajstić information content (AvgIpc) is 2.41. The number of rotatable bonds is 0. The molecule has 0 spiro atoms. The maximum absolute atomic E-state index is 5.63. The average molecular weight is 228 g/mol. The van der Waals surface area contributed by atoms with Crippen molar-refractivity contribution in [2.24, 2.45) is 0 Å². The van der Waals surface area contributed by atoms with Crippen LogP contribution in [0.1, 0.15) is 37.8 Å². The predicted molar refractivity (Wildman–Crippen MR) is 67.4 cm³/mol. The van der Waals surface area contributed by atoms with Gasteiger partial charge >= 0.3 is 0 Å². The highest BCUT2D eigenvalue weighted by Gasteiger charge is 2.24. The number of nitrogens with zero attached hydrogens (tertiary/aromatic N) is 2. The number of hydrogen-bond acceptors (Lipinski definition) is 3. The second-order valence-corrected chi connectivity index (χ2v) is 3.62. The Hall–Kier alpha value is -1.90. The standard InChI is InChI=1S/C12H10N2O.C2H6/c1-8-9-4-2-6-13-11(9)15-12-10(8)5-3-7-14-12;1-2/h2-8H,1H3;1-2H3. The van der Waals surface area contributed by atoms with Gasteiger partial charge in [-0.1, -0.05) is 32.9 Å². The van der Waals surface area contributed by atoms with E-state index in [1.165, 1.54) is 0 Å². The Morgan fingerprint density at radius 3 is 1.88 bits per heavy atom. The summed E-state index contributed by atoms with van der Waals surface area (Å²) in [6.07, 6.45) is 3.47. The van der Waals surface area contributed by atoms with Crippen molar-refractivity contribution in [3.05, 3.63) is 47.8 Å². The maximum atomic E-state index is 5.63. The lowest BCUT2D eigenvalue weighted by atomic mass is 9.93. The van der Waals surface area contributed by atoms with Crippen LogP contribution in [0.5, 0.6) is 11.8 Å². The predicted octanol–water partition coefficient (Wildman–Crippen LogP) is 3.76. The van der Waals surface area contributed by atoms with Gasteiger partial charge in [0.15, 0.2) is 0 Å². The number of aromatic nitrogens is 2. The smallest absolute Gasteiger partial charge is 0.225 e. The second-order valence-electron chi connectivity index (χ2n) is 3.62.